The lowest BCUT2D eigenvalue weighted by atomic mass is 10.00. The van der Waals surface area contributed by atoms with Crippen molar-refractivity contribution in [1.29, 1.82) is 0 Å². The Morgan fingerprint density at radius 3 is 2.95 bits per heavy atom. The molecule has 1 unspecified atom stereocenters. The average molecular weight is 300 g/mol. The van der Waals surface area contributed by atoms with Crippen LogP contribution in [0.3, 0.4) is 0 Å². The number of aryl methyl sites for hydroxylation is 1. The van der Waals surface area contributed by atoms with Gasteiger partial charge in [0.2, 0.25) is 5.91 Å². The van der Waals surface area contributed by atoms with E-state index < -0.39 is 6.04 Å². The molecule has 0 bridgehead atoms. The standard InChI is InChI=1S/C16H16N2O4/c19-9-13(14-2-1-7-22-14)18-16(21)11-3-5-12-10(8-11)4-6-15(20)17-12/h1-3,5,7-8,13,19H,4,6,9H2,(H,17,20)(H,18,21). The minimum Gasteiger partial charge on any atom is -0.467 e. The van der Waals surface area contributed by atoms with Gasteiger partial charge in [-0.25, -0.2) is 0 Å². The Labute approximate surface area is 127 Å². The fourth-order valence-corrected chi connectivity index (χ4v) is 2.46. The van der Waals surface area contributed by atoms with E-state index >= 15 is 0 Å². The Hall–Kier alpha value is -2.60. The van der Waals surface area contributed by atoms with Crippen LogP contribution in [0.15, 0.2) is 41.0 Å². The number of amides is 2. The van der Waals surface area contributed by atoms with Gasteiger partial charge >= 0.3 is 0 Å². The molecule has 0 radical (unpaired) electrons. The number of hydrogen-bond donors (Lipinski definition) is 3. The van der Waals surface area contributed by atoms with Crippen molar-refractivity contribution >= 4 is 17.5 Å². The minimum absolute atomic E-state index is 0.0112. The van der Waals surface area contributed by atoms with Gasteiger partial charge in [0.25, 0.3) is 5.91 Å². The predicted octanol–water partition coefficient (Wildman–Crippen LogP) is 1.63. The Kier molecular flexibility index (Phi) is 3.93. The number of benzene rings is 1. The number of furan rings is 1. The van der Waals surface area contributed by atoms with Crippen LogP contribution in [-0.4, -0.2) is 23.5 Å². The van der Waals surface area contributed by atoms with Gasteiger partial charge in [-0.05, 0) is 42.3 Å². The van der Waals surface area contributed by atoms with Crippen LogP contribution in [-0.2, 0) is 11.2 Å². The maximum Gasteiger partial charge on any atom is 0.251 e. The number of fused-ring (bicyclic) bond motifs is 1. The van der Waals surface area contributed by atoms with Gasteiger partial charge in [-0.15, -0.1) is 0 Å². The third kappa shape index (κ3) is 2.87. The summed E-state index contributed by atoms with van der Waals surface area (Å²) in [5.41, 5.74) is 2.17. The maximum absolute atomic E-state index is 12.3. The minimum atomic E-state index is -0.585. The summed E-state index contributed by atoms with van der Waals surface area (Å²) in [6, 6.07) is 7.95. The van der Waals surface area contributed by atoms with E-state index in [1.165, 1.54) is 6.26 Å². The third-order valence-electron chi connectivity index (χ3n) is 3.64. The van der Waals surface area contributed by atoms with E-state index in [0.29, 0.717) is 24.2 Å². The number of nitrogens with one attached hydrogen (secondary N) is 2. The molecule has 1 aromatic carbocycles. The molecule has 1 aromatic heterocycles. The highest BCUT2D eigenvalue weighted by molar-refractivity contribution is 5.98. The molecule has 1 aliphatic heterocycles. The molecule has 6 heteroatoms. The topological polar surface area (TPSA) is 91.6 Å². The van der Waals surface area contributed by atoms with Crippen molar-refractivity contribution < 1.29 is 19.1 Å². The lowest BCUT2D eigenvalue weighted by Gasteiger charge is -2.18. The zero-order valence-corrected chi connectivity index (χ0v) is 11.8. The molecule has 0 aliphatic carbocycles. The van der Waals surface area contributed by atoms with E-state index in [4.69, 9.17) is 4.42 Å². The summed E-state index contributed by atoms with van der Waals surface area (Å²) >= 11 is 0. The largest absolute Gasteiger partial charge is 0.467 e. The first kappa shape index (κ1) is 14.3. The molecule has 3 N–H and O–H groups in total. The second kappa shape index (κ2) is 6.03. The van der Waals surface area contributed by atoms with Gasteiger partial charge in [-0.2, -0.15) is 0 Å². The molecule has 2 heterocycles. The summed E-state index contributed by atoms with van der Waals surface area (Å²) in [6.45, 7) is -0.250. The SMILES string of the molecule is O=C1CCc2cc(C(=O)NC(CO)c3ccco3)ccc2N1. The fourth-order valence-electron chi connectivity index (χ4n) is 2.46. The van der Waals surface area contributed by atoms with Crippen LogP contribution >= 0.6 is 0 Å². The highest BCUT2D eigenvalue weighted by Crippen LogP contribution is 2.24. The number of rotatable bonds is 4. The summed E-state index contributed by atoms with van der Waals surface area (Å²) in [7, 11) is 0. The van der Waals surface area contributed by atoms with E-state index in [2.05, 4.69) is 10.6 Å². The zero-order chi connectivity index (χ0) is 15.5. The highest BCUT2D eigenvalue weighted by atomic mass is 16.3. The second-order valence-electron chi connectivity index (χ2n) is 5.14. The smallest absolute Gasteiger partial charge is 0.251 e. The van der Waals surface area contributed by atoms with Crippen molar-refractivity contribution in [1.82, 2.24) is 5.32 Å². The van der Waals surface area contributed by atoms with E-state index in [1.54, 1.807) is 30.3 Å². The first-order chi connectivity index (χ1) is 10.7. The molecule has 0 saturated heterocycles. The molecule has 0 saturated carbocycles. The van der Waals surface area contributed by atoms with Crippen molar-refractivity contribution in [2.24, 2.45) is 0 Å². The van der Waals surface area contributed by atoms with Crippen molar-refractivity contribution in [2.45, 2.75) is 18.9 Å². The van der Waals surface area contributed by atoms with Gasteiger partial charge in [-0.3, -0.25) is 9.59 Å². The van der Waals surface area contributed by atoms with E-state index in [-0.39, 0.29) is 18.4 Å². The number of carbonyl (C=O) groups is 2. The summed E-state index contributed by atoms with van der Waals surface area (Å²) in [6.07, 6.45) is 2.53. The monoisotopic (exact) mass is 300 g/mol. The molecule has 0 spiro atoms. The van der Waals surface area contributed by atoms with Crippen LogP contribution < -0.4 is 10.6 Å². The molecular formula is C16H16N2O4. The quantitative estimate of drug-likeness (QED) is 0.800. The van der Waals surface area contributed by atoms with Crippen molar-refractivity contribution in [3.8, 4) is 0 Å². The van der Waals surface area contributed by atoms with Crippen LogP contribution in [0.25, 0.3) is 0 Å². The summed E-state index contributed by atoms with van der Waals surface area (Å²) in [5.74, 6) is 0.194. The molecule has 2 amide bonds. The third-order valence-corrected chi connectivity index (χ3v) is 3.64. The lowest BCUT2D eigenvalue weighted by Crippen LogP contribution is -2.30. The van der Waals surface area contributed by atoms with Gasteiger partial charge < -0.3 is 20.2 Å². The summed E-state index contributed by atoms with van der Waals surface area (Å²) < 4.78 is 5.20. The Morgan fingerprint density at radius 1 is 1.36 bits per heavy atom. The molecule has 3 rings (SSSR count). The fraction of sp³-hybridized carbons (Fsp3) is 0.250. The molecule has 2 aromatic rings. The highest BCUT2D eigenvalue weighted by Gasteiger charge is 2.20. The number of anilines is 1. The van der Waals surface area contributed by atoms with Crippen LogP contribution in [0.5, 0.6) is 0 Å². The normalized spacial score (nSPS) is 14.9. The average Bonchev–Trinajstić information content (AvgIpc) is 3.06. The zero-order valence-electron chi connectivity index (χ0n) is 11.8. The van der Waals surface area contributed by atoms with Crippen molar-refractivity contribution in [3.05, 3.63) is 53.5 Å². The molecule has 1 atom stereocenters. The number of aliphatic hydroxyl groups is 1. The first-order valence-electron chi connectivity index (χ1n) is 7.05. The van der Waals surface area contributed by atoms with Crippen molar-refractivity contribution in [2.75, 3.05) is 11.9 Å². The van der Waals surface area contributed by atoms with Crippen molar-refractivity contribution in [3.63, 3.8) is 0 Å². The Bertz CT molecular complexity index is 694. The molecule has 6 nitrogen and oxygen atoms in total. The van der Waals surface area contributed by atoms with Crippen LogP contribution in [0.2, 0.25) is 0 Å². The van der Waals surface area contributed by atoms with Gasteiger partial charge in [0.1, 0.15) is 11.8 Å². The van der Waals surface area contributed by atoms with Gasteiger partial charge in [0.05, 0.1) is 12.9 Å². The van der Waals surface area contributed by atoms with E-state index in [1.807, 2.05) is 0 Å². The van der Waals surface area contributed by atoms with E-state index in [9.17, 15) is 14.7 Å². The van der Waals surface area contributed by atoms with Crippen LogP contribution in [0.1, 0.15) is 34.1 Å². The summed E-state index contributed by atoms with van der Waals surface area (Å²) in [4.78, 5) is 23.6. The molecular weight excluding hydrogens is 284 g/mol. The predicted molar refractivity (Wildman–Crippen MR) is 79.4 cm³/mol. The van der Waals surface area contributed by atoms with E-state index in [0.717, 1.165) is 11.3 Å². The maximum atomic E-state index is 12.3. The molecule has 22 heavy (non-hydrogen) atoms. The first-order valence-corrected chi connectivity index (χ1v) is 7.05. The van der Waals surface area contributed by atoms with Crippen LogP contribution in [0.4, 0.5) is 5.69 Å². The Balaban J connectivity index is 1.76. The second-order valence-corrected chi connectivity index (χ2v) is 5.14. The molecule has 114 valence electrons. The Morgan fingerprint density at radius 2 is 2.23 bits per heavy atom. The van der Waals surface area contributed by atoms with Gasteiger partial charge in [0.15, 0.2) is 0 Å². The molecule has 0 fully saturated rings. The summed E-state index contributed by atoms with van der Waals surface area (Å²) in [5, 5.41) is 14.9. The number of hydrogen-bond acceptors (Lipinski definition) is 4. The van der Waals surface area contributed by atoms with Crippen LogP contribution in [0, 0.1) is 0 Å². The lowest BCUT2D eigenvalue weighted by molar-refractivity contribution is -0.116. The number of carbonyl (C=O) groups excluding carboxylic acids is 2. The van der Waals surface area contributed by atoms with Gasteiger partial charge in [0, 0.05) is 17.7 Å². The number of aliphatic hydroxyl groups excluding tert-OH is 1. The van der Waals surface area contributed by atoms with Gasteiger partial charge in [-0.1, -0.05) is 0 Å². The molecule has 1 aliphatic rings.